The fourth-order valence-electron chi connectivity index (χ4n) is 2.27. The minimum atomic E-state index is -0.320. The third-order valence-electron chi connectivity index (χ3n) is 3.75. The number of halogens is 1. The average Bonchev–Trinajstić information content (AvgIpc) is 2.49. The Kier molecular flexibility index (Phi) is 6.26. The molecule has 1 aromatic rings. The Morgan fingerprint density at radius 2 is 2.09 bits per heavy atom. The van der Waals surface area contributed by atoms with Crippen LogP contribution in [-0.2, 0) is 0 Å². The van der Waals surface area contributed by atoms with Crippen LogP contribution in [0.2, 0.25) is 0 Å². The van der Waals surface area contributed by atoms with Crippen LogP contribution < -0.4 is 4.90 Å². The average molecular weight is 404 g/mol. The SMILES string of the molecule is C[C@H](SC(=S)N1CC[NH+](C)CC1)C(=O)c1cc(Br)ccc1O. The third-order valence-corrected chi connectivity index (χ3v) is 5.81. The number of carbonyl (C=O) groups is 1. The van der Waals surface area contributed by atoms with Crippen molar-refractivity contribution >= 4 is 50.0 Å². The summed E-state index contributed by atoms with van der Waals surface area (Å²) in [6, 6.07) is 4.88. The van der Waals surface area contributed by atoms with Gasteiger partial charge in [0.15, 0.2) is 5.78 Å². The van der Waals surface area contributed by atoms with Gasteiger partial charge >= 0.3 is 0 Å². The molecule has 0 aromatic heterocycles. The quantitative estimate of drug-likeness (QED) is 0.592. The number of phenols is 1. The zero-order chi connectivity index (χ0) is 16.3. The van der Waals surface area contributed by atoms with Gasteiger partial charge in [0.05, 0.1) is 44.0 Å². The number of rotatable bonds is 3. The van der Waals surface area contributed by atoms with Crippen LogP contribution in [0.1, 0.15) is 17.3 Å². The van der Waals surface area contributed by atoms with Gasteiger partial charge in [-0.3, -0.25) is 4.79 Å². The van der Waals surface area contributed by atoms with Gasteiger partial charge in [-0.1, -0.05) is 39.9 Å². The number of carbonyl (C=O) groups excluding carboxylic acids is 1. The predicted octanol–water partition coefficient (Wildman–Crippen LogP) is 1.57. The van der Waals surface area contributed by atoms with Crippen LogP contribution in [0.15, 0.2) is 22.7 Å². The van der Waals surface area contributed by atoms with E-state index in [0.29, 0.717) is 5.56 Å². The first-order valence-corrected chi connectivity index (χ1v) is 9.26. The molecule has 1 saturated heterocycles. The summed E-state index contributed by atoms with van der Waals surface area (Å²) >= 11 is 10.2. The predicted molar refractivity (Wildman–Crippen MR) is 98.0 cm³/mol. The Morgan fingerprint density at radius 3 is 2.73 bits per heavy atom. The first-order valence-electron chi connectivity index (χ1n) is 7.18. The minimum absolute atomic E-state index is 0.00904. The van der Waals surface area contributed by atoms with Crippen LogP contribution in [0, 0.1) is 0 Å². The molecule has 0 bridgehead atoms. The number of benzene rings is 1. The van der Waals surface area contributed by atoms with Crippen molar-refractivity contribution in [2.75, 3.05) is 33.2 Å². The molecular formula is C15H20BrN2O2S2+. The summed E-state index contributed by atoms with van der Waals surface area (Å²) in [6.45, 7) is 5.83. The van der Waals surface area contributed by atoms with Crippen molar-refractivity contribution in [3.05, 3.63) is 28.2 Å². The van der Waals surface area contributed by atoms with Gasteiger partial charge in [-0.15, -0.1) is 0 Å². The van der Waals surface area contributed by atoms with Gasteiger partial charge in [0.1, 0.15) is 10.1 Å². The number of thioether (sulfide) groups is 1. The van der Waals surface area contributed by atoms with Crippen LogP contribution in [0.25, 0.3) is 0 Å². The molecule has 1 aliphatic heterocycles. The van der Waals surface area contributed by atoms with Gasteiger partial charge in [0.25, 0.3) is 0 Å². The number of nitrogens with zero attached hydrogens (tertiary/aromatic N) is 1. The first-order chi connectivity index (χ1) is 10.4. The molecule has 1 aromatic carbocycles. The smallest absolute Gasteiger partial charge is 0.179 e. The molecule has 2 N–H and O–H groups in total. The number of thiocarbonyl (C=S) groups is 1. The maximum Gasteiger partial charge on any atom is 0.179 e. The molecule has 7 heteroatoms. The second kappa shape index (κ2) is 7.77. The number of Topliss-reactive ketones (excluding diaryl/α,β-unsaturated/α-hetero) is 1. The minimum Gasteiger partial charge on any atom is -0.507 e. The molecule has 0 unspecified atom stereocenters. The summed E-state index contributed by atoms with van der Waals surface area (Å²) in [5.41, 5.74) is 0.333. The number of likely N-dealkylation sites (N-methyl/N-ethyl adjacent to an activating group) is 1. The van der Waals surface area contributed by atoms with E-state index in [2.05, 4.69) is 27.9 Å². The lowest BCUT2D eigenvalue weighted by atomic mass is 10.1. The maximum absolute atomic E-state index is 12.5. The summed E-state index contributed by atoms with van der Waals surface area (Å²) < 4.78 is 1.54. The van der Waals surface area contributed by atoms with Crippen LogP contribution in [0.3, 0.4) is 0 Å². The highest BCUT2D eigenvalue weighted by Crippen LogP contribution is 2.27. The first kappa shape index (κ1) is 17.7. The Balaban J connectivity index is 1.99. The number of piperazine rings is 1. The van der Waals surface area contributed by atoms with E-state index >= 15 is 0 Å². The second-order valence-corrected chi connectivity index (χ2v) is 8.39. The Labute approximate surface area is 149 Å². The Morgan fingerprint density at radius 1 is 1.45 bits per heavy atom. The molecule has 4 nitrogen and oxygen atoms in total. The van der Waals surface area contributed by atoms with Crippen LogP contribution in [0.5, 0.6) is 5.75 Å². The molecule has 1 aliphatic rings. The van der Waals surface area contributed by atoms with Crippen molar-refractivity contribution in [2.45, 2.75) is 12.2 Å². The van der Waals surface area contributed by atoms with Gasteiger partial charge in [0.2, 0.25) is 0 Å². The molecule has 0 spiro atoms. The molecule has 120 valence electrons. The monoisotopic (exact) mass is 403 g/mol. The summed E-state index contributed by atoms with van der Waals surface area (Å²) in [5, 5.41) is 9.55. The molecule has 0 saturated carbocycles. The van der Waals surface area contributed by atoms with Gasteiger partial charge in [-0.2, -0.15) is 0 Å². The van der Waals surface area contributed by atoms with Gasteiger partial charge < -0.3 is 14.9 Å². The zero-order valence-electron chi connectivity index (χ0n) is 12.6. The van der Waals surface area contributed by atoms with Crippen molar-refractivity contribution in [3.8, 4) is 5.75 Å². The van der Waals surface area contributed by atoms with Gasteiger partial charge in [-0.05, 0) is 25.1 Å². The Hall–Kier alpha value is -0.630. The number of quaternary nitrogens is 1. The number of hydrogen-bond donors (Lipinski definition) is 2. The highest BCUT2D eigenvalue weighted by Gasteiger charge is 2.25. The number of phenolic OH excluding ortho intramolecular Hbond substituents is 1. The lowest BCUT2D eigenvalue weighted by molar-refractivity contribution is -0.883. The number of aromatic hydroxyl groups is 1. The summed E-state index contributed by atoms with van der Waals surface area (Å²) in [4.78, 5) is 16.2. The molecule has 22 heavy (non-hydrogen) atoms. The molecule has 0 radical (unpaired) electrons. The van der Waals surface area contributed by atoms with Crippen molar-refractivity contribution in [3.63, 3.8) is 0 Å². The Bertz CT molecular complexity index is 575. The summed E-state index contributed by atoms with van der Waals surface area (Å²) in [7, 11) is 2.18. The third kappa shape index (κ3) is 4.44. The van der Waals surface area contributed by atoms with E-state index < -0.39 is 0 Å². The molecule has 1 heterocycles. The fourth-order valence-corrected chi connectivity index (χ4v) is 4.12. The highest BCUT2D eigenvalue weighted by molar-refractivity contribution is 9.10. The molecular weight excluding hydrogens is 384 g/mol. The topological polar surface area (TPSA) is 45.0 Å². The van der Waals surface area contributed by atoms with Gasteiger partial charge in [0, 0.05) is 4.47 Å². The zero-order valence-corrected chi connectivity index (χ0v) is 15.9. The van der Waals surface area contributed by atoms with E-state index in [9.17, 15) is 9.90 Å². The van der Waals surface area contributed by atoms with E-state index in [4.69, 9.17) is 12.2 Å². The molecule has 1 atom stereocenters. The number of nitrogens with one attached hydrogen (secondary N) is 1. The molecule has 2 rings (SSSR count). The maximum atomic E-state index is 12.5. The summed E-state index contributed by atoms with van der Waals surface area (Å²) in [6.07, 6.45) is 0. The van der Waals surface area contributed by atoms with Crippen molar-refractivity contribution < 1.29 is 14.8 Å². The van der Waals surface area contributed by atoms with Crippen molar-refractivity contribution in [1.29, 1.82) is 0 Å². The largest absolute Gasteiger partial charge is 0.507 e. The molecule has 0 aliphatic carbocycles. The van der Waals surface area contributed by atoms with E-state index in [1.54, 1.807) is 12.1 Å². The summed E-state index contributed by atoms with van der Waals surface area (Å²) in [5.74, 6) is -0.0966. The van der Waals surface area contributed by atoms with E-state index in [1.807, 2.05) is 6.92 Å². The lowest BCUT2D eigenvalue weighted by Crippen LogP contribution is -3.12. The molecule has 1 fully saturated rings. The van der Waals surface area contributed by atoms with E-state index in [1.165, 1.54) is 22.7 Å². The van der Waals surface area contributed by atoms with Crippen LogP contribution in [-0.4, -0.2) is 58.6 Å². The van der Waals surface area contributed by atoms with Crippen LogP contribution in [0.4, 0.5) is 0 Å². The van der Waals surface area contributed by atoms with Crippen LogP contribution >= 0.6 is 39.9 Å². The fraction of sp³-hybridized carbons (Fsp3) is 0.467. The van der Waals surface area contributed by atoms with E-state index in [-0.39, 0.29) is 16.8 Å². The molecule has 0 amide bonds. The number of hydrogen-bond acceptors (Lipinski definition) is 4. The number of ketones is 1. The van der Waals surface area contributed by atoms with Gasteiger partial charge in [-0.25, -0.2) is 0 Å². The lowest BCUT2D eigenvalue weighted by Gasteiger charge is -2.32. The normalized spacial score (nSPS) is 17.3. The standard InChI is InChI=1S/C15H19BrN2O2S2/c1-10(14(20)12-9-11(16)3-4-13(12)19)22-15(21)18-7-5-17(2)6-8-18/h3-4,9-10,19H,5-8H2,1-2H3/p+1/t10-/m0/s1. The highest BCUT2D eigenvalue weighted by atomic mass is 79.9. The second-order valence-electron chi connectivity index (χ2n) is 5.50. The van der Waals surface area contributed by atoms with E-state index in [0.717, 1.165) is 35.0 Å². The van der Waals surface area contributed by atoms with Crippen molar-refractivity contribution in [2.24, 2.45) is 0 Å². The van der Waals surface area contributed by atoms with Crippen molar-refractivity contribution in [1.82, 2.24) is 4.90 Å².